The summed E-state index contributed by atoms with van der Waals surface area (Å²) in [5.74, 6) is 0.800. The molecule has 0 radical (unpaired) electrons. The van der Waals surface area contributed by atoms with E-state index < -0.39 is 0 Å². The van der Waals surface area contributed by atoms with Crippen LogP contribution in [0.25, 0.3) is 0 Å². The van der Waals surface area contributed by atoms with E-state index in [1.165, 1.54) is 0 Å². The van der Waals surface area contributed by atoms with E-state index >= 15 is 0 Å². The van der Waals surface area contributed by atoms with Gasteiger partial charge in [0.2, 0.25) is 5.84 Å². The van der Waals surface area contributed by atoms with Crippen LogP contribution in [0, 0.1) is 0 Å². The van der Waals surface area contributed by atoms with E-state index in [1.807, 2.05) is 0 Å². The van der Waals surface area contributed by atoms with Gasteiger partial charge in [-0.3, -0.25) is 10.3 Å². The fraction of sp³-hybridized carbons (Fsp3) is 0.500. The van der Waals surface area contributed by atoms with E-state index in [0.29, 0.717) is 6.67 Å². The molecule has 0 saturated carbocycles. The van der Waals surface area contributed by atoms with Crippen molar-refractivity contribution >= 4 is 11.9 Å². The van der Waals surface area contributed by atoms with Gasteiger partial charge in [-0.15, -0.1) is 0 Å². The summed E-state index contributed by atoms with van der Waals surface area (Å²) in [4.78, 5) is 13.3. The topological polar surface area (TPSA) is 55.1 Å². The number of hydrogen-bond acceptors (Lipinski definition) is 1. The molecule has 4 heteroatoms. The molecule has 0 spiro atoms. The highest BCUT2D eigenvalue weighted by molar-refractivity contribution is 5.93. The van der Waals surface area contributed by atoms with E-state index in [4.69, 9.17) is 0 Å². The van der Waals surface area contributed by atoms with Gasteiger partial charge in [-0.05, 0) is 0 Å². The Kier molecular flexibility index (Phi) is 1.15. The first-order chi connectivity index (χ1) is 3.79. The number of urea groups is 1. The van der Waals surface area contributed by atoms with Gasteiger partial charge in [0.1, 0.15) is 0 Å². The second-order valence-electron chi connectivity index (χ2n) is 1.61. The SMILES string of the molecule is CC1=[NH+]CNC(=O)N1. The third-order valence-corrected chi connectivity index (χ3v) is 0.904. The summed E-state index contributed by atoms with van der Waals surface area (Å²) < 4.78 is 0. The fourth-order valence-electron chi connectivity index (χ4n) is 0.516. The standard InChI is InChI=1S/C4H7N3O/c1-3-5-2-6-4(8)7-3/h2H2,1H3,(H2,5,6,7,8)/p+1. The van der Waals surface area contributed by atoms with Gasteiger partial charge in [0.15, 0.2) is 6.67 Å². The Balaban J connectivity index is 2.57. The van der Waals surface area contributed by atoms with Gasteiger partial charge in [-0.2, -0.15) is 5.32 Å². The van der Waals surface area contributed by atoms with Crippen LogP contribution < -0.4 is 15.6 Å². The summed E-state index contributed by atoms with van der Waals surface area (Å²) in [5.41, 5.74) is 0. The van der Waals surface area contributed by atoms with Crippen LogP contribution in [0.15, 0.2) is 0 Å². The Morgan fingerprint density at radius 1 is 1.75 bits per heavy atom. The Hall–Kier alpha value is -1.06. The molecule has 1 aliphatic rings. The molecule has 0 aliphatic carbocycles. The zero-order chi connectivity index (χ0) is 5.98. The minimum Gasteiger partial charge on any atom is -0.282 e. The smallest absolute Gasteiger partial charge is 0.282 e. The van der Waals surface area contributed by atoms with Crippen LogP contribution in [0.5, 0.6) is 0 Å². The Morgan fingerprint density at radius 3 is 2.88 bits per heavy atom. The number of carbonyl (C=O) groups is 1. The number of hydrogen-bond donors (Lipinski definition) is 3. The van der Waals surface area contributed by atoms with Crippen LogP contribution in [-0.2, 0) is 0 Å². The molecule has 8 heavy (non-hydrogen) atoms. The van der Waals surface area contributed by atoms with E-state index in [2.05, 4.69) is 15.6 Å². The third kappa shape index (κ3) is 0.959. The van der Waals surface area contributed by atoms with Gasteiger partial charge in [0.05, 0.1) is 0 Å². The second kappa shape index (κ2) is 1.81. The number of rotatable bonds is 0. The highest BCUT2D eigenvalue weighted by Gasteiger charge is 2.11. The Bertz CT molecular complexity index is 140. The molecular formula is C4H8N3O+. The van der Waals surface area contributed by atoms with Gasteiger partial charge in [0.25, 0.3) is 0 Å². The molecule has 2 amide bonds. The van der Waals surface area contributed by atoms with Crippen LogP contribution in [0.2, 0.25) is 0 Å². The summed E-state index contributed by atoms with van der Waals surface area (Å²) in [6.07, 6.45) is 0. The maximum absolute atomic E-state index is 10.4. The van der Waals surface area contributed by atoms with Crippen molar-refractivity contribution in [2.24, 2.45) is 0 Å². The van der Waals surface area contributed by atoms with Crippen LogP contribution >= 0.6 is 0 Å². The average molecular weight is 114 g/mol. The van der Waals surface area contributed by atoms with E-state index in [9.17, 15) is 4.79 Å². The first-order valence-corrected chi connectivity index (χ1v) is 2.41. The van der Waals surface area contributed by atoms with Crippen molar-refractivity contribution in [3.63, 3.8) is 0 Å². The van der Waals surface area contributed by atoms with Crippen molar-refractivity contribution in [1.29, 1.82) is 0 Å². The lowest BCUT2D eigenvalue weighted by molar-refractivity contribution is -0.466. The van der Waals surface area contributed by atoms with E-state index in [1.54, 1.807) is 6.92 Å². The molecule has 0 aromatic heterocycles. The molecule has 44 valence electrons. The van der Waals surface area contributed by atoms with E-state index in [0.717, 1.165) is 5.84 Å². The predicted molar refractivity (Wildman–Crippen MR) is 28.2 cm³/mol. The summed E-state index contributed by atoms with van der Waals surface area (Å²) in [7, 11) is 0. The van der Waals surface area contributed by atoms with Crippen molar-refractivity contribution in [1.82, 2.24) is 10.6 Å². The van der Waals surface area contributed by atoms with Crippen LogP contribution in [0.1, 0.15) is 6.92 Å². The normalized spacial score (nSPS) is 18.6. The van der Waals surface area contributed by atoms with Gasteiger partial charge in [0, 0.05) is 6.92 Å². The maximum atomic E-state index is 10.4. The molecule has 1 aliphatic heterocycles. The molecule has 1 rings (SSSR count). The predicted octanol–water partition coefficient (Wildman–Crippen LogP) is -2.24. The quantitative estimate of drug-likeness (QED) is 0.327. The first kappa shape index (κ1) is 5.08. The molecule has 3 N–H and O–H groups in total. The Labute approximate surface area is 47.0 Å². The Morgan fingerprint density at radius 2 is 2.50 bits per heavy atom. The van der Waals surface area contributed by atoms with Gasteiger partial charge in [-0.1, -0.05) is 0 Å². The van der Waals surface area contributed by atoms with Gasteiger partial charge in [-0.25, -0.2) is 4.79 Å². The maximum Gasteiger partial charge on any atom is 0.409 e. The number of carbonyl (C=O) groups excluding carboxylic acids is 1. The highest BCUT2D eigenvalue weighted by atomic mass is 16.2. The summed E-state index contributed by atoms with van der Waals surface area (Å²) in [6.45, 7) is 2.33. The van der Waals surface area contributed by atoms with Crippen molar-refractivity contribution < 1.29 is 9.79 Å². The highest BCUT2D eigenvalue weighted by Crippen LogP contribution is 1.62. The van der Waals surface area contributed by atoms with Crippen molar-refractivity contribution in [2.45, 2.75) is 6.92 Å². The zero-order valence-corrected chi connectivity index (χ0v) is 4.62. The minimum absolute atomic E-state index is 0.138. The number of amides is 2. The monoisotopic (exact) mass is 114 g/mol. The number of nitrogens with one attached hydrogen (secondary N) is 3. The lowest BCUT2D eigenvalue weighted by atomic mass is 10.6. The summed E-state index contributed by atoms with van der Waals surface area (Å²) in [6, 6.07) is -0.138. The minimum atomic E-state index is -0.138. The molecule has 0 fully saturated rings. The summed E-state index contributed by atoms with van der Waals surface area (Å²) in [5, 5.41) is 5.07. The first-order valence-electron chi connectivity index (χ1n) is 2.41. The van der Waals surface area contributed by atoms with Gasteiger partial charge >= 0.3 is 6.03 Å². The van der Waals surface area contributed by atoms with Crippen molar-refractivity contribution in [3.05, 3.63) is 0 Å². The largest absolute Gasteiger partial charge is 0.409 e. The molecule has 0 atom stereocenters. The lowest BCUT2D eigenvalue weighted by Crippen LogP contribution is -2.83. The summed E-state index contributed by atoms with van der Waals surface area (Å²) >= 11 is 0. The van der Waals surface area contributed by atoms with Crippen LogP contribution in [-0.4, -0.2) is 18.5 Å². The molecule has 4 nitrogen and oxygen atoms in total. The molecule has 0 unspecified atom stereocenters. The molecule has 0 bridgehead atoms. The third-order valence-electron chi connectivity index (χ3n) is 0.904. The van der Waals surface area contributed by atoms with Crippen LogP contribution in [0.4, 0.5) is 4.79 Å². The molecule has 0 saturated heterocycles. The molecule has 1 heterocycles. The van der Waals surface area contributed by atoms with Gasteiger partial charge < -0.3 is 0 Å². The lowest BCUT2D eigenvalue weighted by Gasteiger charge is -2.02. The van der Waals surface area contributed by atoms with Crippen molar-refractivity contribution in [2.75, 3.05) is 6.67 Å². The van der Waals surface area contributed by atoms with Crippen molar-refractivity contribution in [3.8, 4) is 0 Å². The molecular weight excluding hydrogens is 106 g/mol. The molecule has 0 aromatic carbocycles. The average Bonchev–Trinajstić information content (AvgIpc) is 1.64. The second-order valence-corrected chi connectivity index (χ2v) is 1.61. The van der Waals surface area contributed by atoms with Crippen LogP contribution in [0.3, 0.4) is 0 Å². The fourth-order valence-corrected chi connectivity index (χ4v) is 0.516. The zero-order valence-electron chi connectivity index (χ0n) is 4.62. The number of amidine groups is 1. The van der Waals surface area contributed by atoms with E-state index in [-0.39, 0.29) is 6.03 Å². The molecule has 0 aromatic rings.